The van der Waals surface area contributed by atoms with Gasteiger partial charge in [0.2, 0.25) is 0 Å². The normalized spacial score (nSPS) is 22.9. The van der Waals surface area contributed by atoms with E-state index in [4.69, 9.17) is 9.47 Å². The largest absolute Gasteiger partial charge is 0.352 e. The van der Waals surface area contributed by atoms with Crippen LogP contribution in [0, 0.1) is 0 Å². The van der Waals surface area contributed by atoms with Gasteiger partial charge in [-0.3, -0.25) is 4.90 Å². The molecule has 0 bridgehead atoms. The molecule has 0 spiro atoms. The summed E-state index contributed by atoms with van der Waals surface area (Å²) in [4.78, 5) is 2.43. The zero-order valence-corrected chi connectivity index (χ0v) is 10.9. The summed E-state index contributed by atoms with van der Waals surface area (Å²) in [5, 5.41) is 3.35. The Morgan fingerprint density at radius 2 is 2.00 bits per heavy atom. The Morgan fingerprint density at radius 1 is 1.31 bits per heavy atom. The van der Waals surface area contributed by atoms with Gasteiger partial charge in [0.25, 0.3) is 0 Å². The summed E-state index contributed by atoms with van der Waals surface area (Å²) in [5.41, 5.74) is 0. The van der Waals surface area contributed by atoms with E-state index in [1.54, 1.807) is 0 Å². The smallest absolute Gasteiger partial charge is 0.170 e. The number of rotatable bonds is 7. The lowest BCUT2D eigenvalue weighted by atomic mass is 10.1. The van der Waals surface area contributed by atoms with Crippen LogP contribution in [-0.2, 0) is 9.47 Å². The molecule has 1 aliphatic heterocycles. The highest BCUT2D eigenvalue weighted by atomic mass is 16.7. The monoisotopic (exact) mass is 230 g/mol. The van der Waals surface area contributed by atoms with E-state index in [2.05, 4.69) is 10.2 Å². The van der Waals surface area contributed by atoms with Crippen LogP contribution in [0.5, 0.6) is 0 Å². The molecule has 1 aliphatic rings. The van der Waals surface area contributed by atoms with Gasteiger partial charge in [-0.1, -0.05) is 0 Å². The molecule has 1 heterocycles. The van der Waals surface area contributed by atoms with Gasteiger partial charge in [0.05, 0.1) is 0 Å². The van der Waals surface area contributed by atoms with E-state index < -0.39 is 0 Å². The van der Waals surface area contributed by atoms with Crippen LogP contribution in [0.15, 0.2) is 0 Å². The van der Waals surface area contributed by atoms with E-state index >= 15 is 0 Å². The van der Waals surface area contributed by atoms with Gasteiger partial charge in [-0.05, 0) is 40.3 Å². The Balaban J connectivity index is 2.31. The van der Waals surface area contributed by atoms with Crippen LogP contribution >= 0.6 is 0 Å². The molecule has 1 unspecified atom stereocenters. The first kappa shape index (κ1) is 13.9. The van der Waals surface area contributed by atoms with E-state index in [0.717, 1.165) is 19.6 Å². The van der Waals surface area contributed by atoms with Crippen molar-refractivity contribution in [2.45, 2.75) is 39.0 Å². The highest BCUT2D eigenvalue weighted by Gasteiger charge is 2.21. The van der Waals surface area contributed by atoms with E-state index in [9.17, 15) is 0 Å². The van der Waals surface area contributed by atoms with Gasteiger partial charge >= 0.3 is 0 Å². The van der Waals surface area contributed by atoms with Crippen molar-refractivity contribution in [2.24, 2.45) is 0 Å². The highest BCUT2D eigenvalue weighted by molar-refractivity contribution is 4.77. The molecule has 1 saturated heterocycles. The standard InChI is InChI=1S/C12H26N2O2/c1-4-15-12(16-5-2)10-14-8-6-7-11(9-14)13-3/h11-13H,4-10H2,1-3H3. The number of piperidine rings is 1. The molecule has 4 nitrogen and oxygen atoms in total. The molecule has 0 aliphatic carbocycles. The van der Waals surface area contributed by atoms with Crippen LogP contribution in [0.4, 0.5) is 0 Å². The number of nitrogens with one attached hydrogen (secondary N) is 1. The molecule has 0 amide bonds. The zero-order valence-electron chi connectivity index (χ0n) is 10.9. The quantitative estimate of drug-likeness (QED) is 0.663. The van der Waals surface area contributed by atoms with Crippen LogP contribution < -0.4 is 5.32 Å². The number of hydrogen-bond donors (Lipinski definition) is 1. The Bertz CT molecular complexity index is 172. The SMILES string of the molecule is CCOC(CN1CCCC(NC)C1)OCC. The molecule has 0 aromatic heterocycles. The molecule has 96 valence electrons. The van der Waals surface area contributed by atoms with Crippen LogP contribution in [0.3, 0.4) is 0 Å². The second-order valence-electron chi connectivity index (χ2n) is 4.23. The number of likely N-dealkylation sites (N-methyl/N-ethyl adjacent to an activating group) is 1. The second kappa shape index (κ2) is 8.01. The van der Waals surface area contributed by atoms with Gasteiger partial charge in [0.1, 0.15) is 0 Å². The highest BCUT2D eigenvalue weighted by Crippen LogP contribution is 2.11. The molecule has 1 rings (SSSR count). The molecule has 16 heavy (non-hydrogen) atoms. The zero-order chi connectivity index (χ0) is 11.8. The third-order valence-corrected chi connectivity index (χ3v) is 3.03. The Kier molecular flexibility index (Phi) is 6.96. The molecule has 4 heteroatoms. The van der Waals surface area contributed by atoms with Crippen molar-refractivity contribution in [2.75, 3.05) is 39.9 Å². The third-order valence-electron chi connectivity index (χ3n) is 3.03. The minimum Gasteiger partial charge on any atom is -0.352 e. The fourth-order valence-corrected chi connectivity index (χ4v) is 2.19. The summed E-state index contributed by atoms with van der Waals surface area (Å²) in [6.07, 6.45) is 2.47. The summed E-state index contributed by atoms with van der Waals surface area (Å²) in [7, 11) is 2.04. The van der Waals surface area contributed by atoms with E-state index in [0.29, 0.717) is 19.3 Å². The molecule has 0 radical (unpaired) electrons. The van der Waals surface area contributed by atoms with Crippen molar-refractivity contribution in [3.8, 4) is 0 Å². The number of likely N-dealkylation sites (tertiary alicyclic amines) is 1. The number of hydrogen-bond acceptors (Lipinski definition) is 4. The van der Waals surface area contributed by atoms with Crippen LogP contribution in [0.2, 0.25) is 0 Å². The molecule has 0 saturated carbocycles. The Hall–Kier alpha value is -0.160. The van der Waals surface area contributed by atoms with Crippen molar-refractivity contribution >= 4 is 0 Å². The summed E-state index contributed by atoms with van der Waals surface area (Å²) >= 11 is 0. The lowest BCUT2D eigenvalue weighted by molar-refractivity contribution is -0.148. The Morgan fingerprint density at radius 3 is 2.56 bits per heavy atom. The number of ether oxygens (including phenoxy) is 2. The van der Waals surface area contributed by atoms with Crippen molar-refractivity contribution in [3.63, 3.8) is 0 Å². The molecule has 0 aromatic carbocycles. The maximum absolute atomic E-state index is 5.57. The summed E-state index contributed by atoms with van der Waals surface area (Å²) in [5.74, 6) is 0. The first-order chi connectivity index (χ1) is 7.80. The second-order valence-corrected chi connectivity index (χ2v) is 4.23. The summed E-state index contributed by atoms with van der Waals surface area (Å²) in [6, 6.07) is 0.623. The fourth-order valence-electron chi connectivity index (χ4n) is 2.19. The first-order valence-electron chi connectivity index (χ1n) is 6.43. The molecule has 0 aromatic rings. The molecular weight excluding hydrogens is 204 g/mol. The minimum atomic E-state index is -0.0643. The van der Waals surface area contributed by atoms with Crippen LogP contribution in [0.25, 0.3) is 0 Å². The summed E-state index contributed by atoms with van der Waals surface area (Å²) in [6.45, 7) is 8.61. The van der Waals surface area contributed by atoms with Gasteiger partial charge in [-0.15, -0.1) is 0 Å². The lowest BCUT2D eigenvalue weighted by Gasteiger charge is -2.34. The predicted molar refractivity (Wildman–Crippen MR) is 65.6 cm³/mol. The molecular formula is C12H26N2O2. The van der Waals surface area contributed by atoms with Crippen LogP contribution in [-0.4, -0.2) is 57.1 Å². The summed E-state index contributed by atoms with van der Waals surface area (Å²) < 4.78 is 11.1. The van der Waals surface area contributed by atoms with Gasteiger partial charge in [-0.25, -0.2) is 0 Å². The van der Waals surface area contributed by atoms with E-state index in [1.807, 2.05) is 20.9 Å². The van der Waals surface area contributed by atoms with Gasteiger partial charge in [0.15, 0.2) is 6.29 Å². The van der Waals surface area contributed by atoms with Gasteiger partial charge < -0.3 is 14.8 Å². The maximum Gasteiger partial charge on any atom is 0.170 e. The van der Waals surface area contributed by atoms with Crippen molar-refractivity contribution < 1.29 is 9.47 Å². The van der Waals surface area contributed by atoms with E-state index in [1.165, 1.54) is 12.8 Å². The van der Waals surface area contributed by atoms with Gasteiger partial charge in [-0.2, -0.15) is 0 Å². The minimum absolute atomic E-state index is 0.0643. The van der Waals surface area contributed by atoms with Gasteiger partial charge in [0, 0.05) is 32.3 Å². The molecule has 1 fully saturated rings. The van der Waals surface area contributed by atoms with E-state index in [-0.39, 0.29) is 6.29 Å². The third kappa shape index (κ3) is 4.78. The van der Waals surface area contributed by atoms with Crippen molar-refractivity contribution in [1.82, 2.24) is 10.2 Å². The average molecular weight is 230 g/mol. The predicted octanol–water partition coefficient (Wildman–Crippen LogP) is 1.07. The topological polar surface area (TPSA) is 33.7 Å². The molecule has 1 atom stereocenters. The fraction of sp³-hybridized carbons (Fsp3) is 1.00. The first-order valence-corrected chi connectivity index (χ1v) is 6.43. The van der Waals surface area contributed by atoms with Crippen molar-refractivity contribution in [3.05, 3.63) is 0 Å². The lowest BCUT2D eigenvalue weighted by Crippen LogP contribution is -2.47. The van der Waals surface area contributed by atoms with Crippen LogP contribution in [0.1, 0.15) is 26.7 Å². The van der Waals surface area contributed by atoms with Crippen molar-refractivity contribution in [1.29, 1.82) is 0 Å². The molecule has 1 N–H and O–H groups in total. The average Bonchev–Trinajstić information content (AvgIpc) is 2.30. The number of nitrogens with zero attached hydrogens (tertiary/aromatic N) is 1. The Labute approximate surface area is 99.3 Å². The maximum atomic E-state index is 5.57.